The lowest BCUT2D eigenvalue weighted by Crippen LogP contribution is -2.14. The average molecular weight is 332 g/mol. The van der Waals surface area contributed by atoms with Crippen LogP contribution in [0.25, 0.3) is 0 Å². The molecule has 1 aromatic heterocycles. The highest BCUT2D eigenvalue weighted by atomic mass is 16.5. The van der Waals surface area contributed by atoms with Gasteiger partial charge < -0.3 is 14.4 Å². The van der Waals surface area contributed by atoms with Crippen LogP contribution in [0, 0.1) is 0 Å². The fourth-order valence-corrected chi connectivity index (χ4v) is 3.06. The smallest absolute Gasteiger partial charge is 0.140 e. The quantitative estimate of drug-likeness (QED) is 0.702. The maximum atomic E-state index is 5.91. The van der Waals surface area contributed by atoms with Crippen molar-refractivity contribution in [2.45, 2.75) is 19.7 Å². The normalized spacial score (nSPS) is 12.8. The Labute approximate surface area is 147 Å². The lowest BCUT2D eigenvalue weighted by molar-refractivity contribution is 0.305. The highest BCUT2D eigenvalue weighted by Crippen LogP contribution is 2.29. The molecule has 1 aliphatic rings. The van der Waals surface area contributed by atoms with Crippen molar-refractivity contribution in [3.05, 3.63) is 83.7 Å². The molecule has 0 bridgehead atoms. The minimum absolute atomic E-state index is 0.509. The Morgan fingerprint density at radius 3 is 2.32 bits per heavy atom. The SMILES string of the molecule is COc1ccc(COc2cncc(N3Cc4ccccc4C3)c2)cc1. The van der Waals surface area contributed by atoms with E-state index in [-0.39, 0.29) is 0 Å². The molecular weight excluding hydrogens is 312 g/mol. The Hall–Kier alpha value is -3.01. The summed E-state index contributed by atoms with van der Waals surface area (Å²) in [5.41, 5.74) is 4.95. The summed E-state index contributed by atoms with van der Waals surface area (Å²) in [6.07, 6.45) is 3.66. The third-order valence-electron chi connectivity index (χ3n) is 4.47. The summed E-state index contributed by atoms with van der Waals surface area (Å²) in [5.74, 6) is 1.63. The topological polar surface area (TPSA) is 34.6 Å². The van der Waals surface area contributed by atoms with E-state index in [9.17, 15) is 0 Å². The number of anilines is 1. The predicted molar refractivity (Wildman–Crippen MR) is 97.9 cm³/mol. The molecule has 0 spiro atoms. The number of benzene rings is 2. The molecule has 0 radical (unpaired) electrons. The van der Waals surface area contributed by atoms with Crippen molar-refractivity contribution in [2.24, 2.45) is 0 Å². The van der Waals surface area contributed by atoms with E-state index in [1.807, 2.05) is 30.5 Å². The minimum Gasteiger partial charge on any atom is -0.497 e. The third-order valence-corrected chi connectivity index (χ3v) is 4.47. The number of aromatic nitrogens is 1. The van der Waals surface area contributed by atoms with Crippen molar-refractivity contribution in [2.75, 3.05) is 12.0 Å². The van der Waals surface area contributed by atoms with Crippen molar-refractivity contribution < 1.29 is 9.47 Å². The van der Waals surface area contributed by atoms with Gasteiger partial charge in [-0.3, -0.25) is 4.98 Å². The predicted octanol–water partition coefficient (Wildman–Crippen LogP) is 4.19. The summed E-state index contributed by atoms with van der Waals surface area (Å²) in [5, 5.41) is 0. The van der Waals surface area contributed by atoms with Gasteiger partial charge in [0.1, 0.15) is 18.1 Å². The molecule has 3 aromatic rings. The lowest BCUT2D eigenvalue weighted by atomic mass is 10.1. The van der Waals surface area contributed by atoms with Gasteiger partial charge in [-0.05, 0) is 28.8 Å². The molecular formula is C21H20N2O2. The van der Waals surface area contributed by atoms with Gasteiger partial charge in [0.25, 0.3) is 0 Å². The maximum absolute atomic E-state index is 5.91. The Bertz CT molecular complexity index is 837. The van der Waals surface area contributed by atoms with E-state index in [0.717, 1.165) is 35.8 Å². The molecule has 2 aromatic carbocycles. The van der Waals surface area contributed by atoms with E-state index in [2.05, 4.69) is 40.2 Å². The largest absolute Gasteiger partial charge is 0.497 e. The molecule has 0 atom stereocenters. The molecule has 0 amide bonds. The van der Waals surface area contributed by atoms with Crippen LogP contribution in [0.4, 0.5) is 5.69 Å². The molecule has 0 saturated heterocycles. The van der Waals surface area contributed by atoms with Gasteiger partial charge in [-0.25, -0.2) is 0 Å². The van der Waals surface area contributed by atoms with Crippen molar-refractivity contribution in [1.82, 2.24) is 4.98 Å². The Morgan fingerprint density at radius 2 is 1.64 bits per heavy atom. The monoisotopic (exact) mass is 332 g/mol. The first-order valence-corrected chi connectivity index (χ1v) is 8.34. The van der Waals surface area contributed by atoms with Crippen LogP contribution in [-0.4, -0.2) is 12.1 Å². The first-order chi connectivity index (χ1) is 12.3. The summed E-state index contributed by atoms with van der Waals surface area (Å²) in [6.45, 7) is 2.34. The van der Waals surface area contributed by atoms with Gasteiger partial charge in [-0.2, -0.15) is 0 Å². The van der Waals surface area contributed by atoms with E-state index in [4.69, 9.17) is 9.47 Å². The Kier molecular flexibility index (Phi) is 4.25. The number of hydrogen-bond donors (Lipinski definition) is 0. The van der Waals surface area contributed by atoms with E-state index >= 15 is 0 Å². The van der Waals surface area contributed by atoms with E-state index in [0.29, 0.717) is 6.61 Å². The summed E-state index contributed by atoms with van der Waals surface area (Å²) < 4.78 is 11.1. The molecule has 4 rings (SSSR count). The number of hydrogen-bond acceptors (Lipinski definition) is 4. The average Bonchev–Trinajstić information content (AvgIpc) is 3.11. The van der Waals surface area contributed by atoms with Crippen LogP contribution >= 0.6 is 0 Å². The second kappa shape index (κ2) is 6.85. The van der Waals surface area contributed by atoms with Crippen molar-refractivity contribution in [3.63, 3.8) is 0 Å². The van der Waals surface area contributed by atoms with Gasteiger partial charge in [0.15, 0.2) is 0 Å². The number of methoxy groups -OCH3 is 1. The van der Waals surface area contributed by atoms with Crippen molar-refractivity contribution >= 4 is 5.69 Å². The number of rotatable bonds is 5. The Balaban J connectivity index is 1.43. The number of fused-ring (bicyclic) bond motifs is 1. The standard InChI is InChI=1S/C21H20N2O2/c1-24-20-8-6-16(7-9-20)15-25-21-10-19(11-22-12-21)23-13-17-4-2-3-5-18(17)14-23/h2-12H,13-15H2,1H3. The first-order valence-electron chi connectivity index (χ1n) is 8.34. The molecule has 2 heterocycles. The van der Waals surface area contributed by atoms with Gasteiger partial charge >= 0.3 is 0 Å². The highest BCUT2D eigenvalue weighted by Gasteiger charge is 2.19. The van der Waals surface area contributed by atoms with Crippen LogP contribution in [-0.2, 0) is 19.7 Å². The zero-order valence-electron chi connectivity index (χ0n) is 14.2. The fraction of sp³-hybridized carbons (Fsp3) is 0.190. The maximum Gasteiger partial charge on any atom is 0.140 e. The van der Waals surface area contributed by atoms with Crippen molar-refractivity contribution in [3.8, 4) is 11.5 Å². The molecule has 25 heavy (non-hydrogen) atoms. The van der Waals surface area contributed by atoms with E-state index in [1.165, 1.54) is 11.1 Å². The third kappa shape index (κ3) is 3.43. The molecule has 0 fully saturated rings. The summed E-state index contributed by atoms with van der Waals surface area (Å²) in [6, 6.07) is 18.5. The van der Waals surface area contributed by atoms with E-state index in [1.54, 1.807) is 13.3 Å². The number of nitrogens with zero attached hydrogens (tertiary/aromatic N) is 2. The molecule has 4 heteroatoms. The zero-order chi connectivity index (χ0) is 17.1. The second-order valence-corrected chi connectivity index (χ2v) is 6.14. The van der Waals surface area contributed by atoms with Crippen LogP contribution in [0.15, 0.2) is 67.0 Å². The fourth-order valence-electron chi connectivity index (χ4n) is 3.06. The van der Waals surface area contributed by atoms with Gasteiger partial charge in [0, 0.05) is 19.2 Å². The van der Waals surface area contributed by atoms with Crippen molar-refractivity contribution in [1.29, 1.82) is 0 Å². The van der Waals surface area contributed by atoms with Gasteiger partial charge in [-0.15, -0.1) is 0 Å². The van der Waals surface area contributed by atoms with Crippen LogP contribution in [0.3, 0.4) is 0 Å². The van der Waals surface area contributed by atoms with Crippen LogP contribution in [0.5, 0.6) is 11.5 Å². The van der Waals surface area contributed by atoms with Crippen LogP contribution < -0.4 is 14.4 Å². The zero-order valence-corrected chi connectivity index (χ0v) is 14.2. The summed E-state index contributed by atoms with van der Waals surface area (Å²) in [7, 11) is 1.67. The Morgan fingerprint density at radius 1 is 0.920 bits per heavy atom. The van der Waals surface area contributed by atoms with Gasteiger partial charge in [0.2, 0.25) is 0 Å². The summed E-state index contributed by atoms with van der Waals surface area (Å²) in [4.78, 5) is 6.66. The van der Waals surface area contributed by atoms with Crippen LogP contribution in [0.1, 0.15) is 16.7 Å². The molecule has 0 unspecified atom stereocenters. The summed E-state index contributed by atoms with van der Waals surface area (Å²) >= 11 is 0. The molecule has 1 aliphatic heterocycles. The van der Waals surface area contributed by atoms with Gasteiger partial charge in [-0.1, -0.05) is 36.4 Å². The molecule has 0 aliphatic carbocycles. The molecule has 126 valence electrons. The lowest BCUT2D eigenvalue weighted by Gasteiger charge is -2.18. The minimum atomic E-state index is 0.509. The molecule has 0 N–H and O–H groups in total. The molecule has 0 saturated carbocycles. The number of ether oxygens (including phenoxy) is 2. The first kappa shape index (κ1) is 15.5. The highest BCUT2D eigenvalue weighted by molar-refractivity contribution is 5.52. The van der Waals surface area contributed by atoms with E-state index < -0.39 is 0 Å². The number of pyridine rings is 1. The molecule has 4 nitrogen and oxygen atoms in total. The second-order valence-electron chi connectivity index (χ2n) is 6.14. The van der Waals surface area contributed by atoms with Gasteiger partial charge in [0.05, 0.1) is 25.2 Å². The van der Waals surface area contributed by atoms with Crippen LogP contribution in [0.2, 0.25) is 0 Å².